The van der Waals surface area contributed by atoms with E-state index in [-0.39, 0.29) is 9.76 Å². The maximum atomic E-state index is 5.18. The van der Waals surface area contributed by atoms with Crippen molar-refractivity contribution in [3.05, 3.63) is 25.0 Å². The van der Waals surface area contributed by atoms with Gasteiger partial charge in [0.1, 0.15) is 0 Å². The molecule has 0 aliphatic carbocycles. The molecular formula is C9H18OSi. The fourth-order valence-corrected chi connectivity index (χ4v) is 1.11. The monoisotopic (exact) mass is 170 g/mol. The molecule has 0 aliphatic heterocycles. The second-order valence-corrected chi connectivity index (χ2v) is 3.31. The van der Waals surface area contributed by atoms with Crippen LogP contribution in [0, 0.1) is 0 Å². The Morgan fingerprint density at radius 3 is 2.73 bits per heavy atom. The molecule has 1 nitrogen and oxygen atoms in total. The standard InChI is InChI=1S/C9H18OSi/c1-3-4-5-6-7-8-9-10-11-2/h3,8-9H,1,4-7,11H2,2H3/b9-8+. The maximum Gasteiger partial charge on any atom is 0.215 e. The SMILES string of the molecule is C=CCCCC/C=C/O[SiH2]C. The van der Waals surface area contributed by atoms with Gasteiger partial charge in [-0.25, -0.2) is 0 Å². The largest absolute Gasteiger partial charge is 0.555 e. The normalized spacial score (nSPS) is 11.4. The predicted molar refractivity (Wildman–Crippen MR) is 53.3 cm³/mol. The van der Waals surface area contributed by atoms with Crippen LogP contribution >= 0.6 is 0 Å². The fraction of sp³-hybridized carbons (Fsp3) is 0.556. The van der Waals surface area contributed by atoms with E-state index in [2.05, 4.69) is 19.2 Å². The minimum absolute atomic E-state index is 0.233. The zero-order valence-electron chi connectivity index (χ0n) is 7.38. The van der Waals surface area contributed by atoms with Gasteiger partial charge in [-0.2, -0.15) is 0 Å². The van der Waals surface area contributed by atoms with Gasteiger partial charge in [0.25, 0.3) is 0 Å². The third-order valence-electron chi connectivity index (χ3n) is 1.39. The highest BCUT2D eigenvalue weighted by atomic mass is 28.2. The molecule has 0 fully saturated rings. The molecule has 0 heterocycles. The van der Waals surface area contributed by atoms with Crippen molar-refractivity contribution < 1.29 is 4.43 Å². The van der Waals surface area contributed by atoms with E-state index in [1.54, 1.807) is 0 Å². The molecule has 0 bridgehead atoms. The van der Waals surface area contributed by atoms with Crippen molar-refractivity contribution in [2.45, 2.75) is 32.2 Å². The fourth-order valence-electron chi connectivity index (χ4n) is 0.783. The van der Waals surface area contributed by atoms with Gasteiger partial charge < -0.3 is 4.43 Å². The van der Waals surface area contributed by atoms with Crippen molar-refractivity contribution in [1.29, 1.82) is 0 Å². The average molecular weight is 170 g/mol. The van der Waals surface area contributed by atoms with Gasteiger partial charge >= 0.3 is 0 Å². The molecular weight excluding hydrogens is 152 g/mol. The minimum Gasteiger partial charge on any atom is -0.555 e. The topological polar surface area (TPSA) is 9.23 Å². The van der Waals surface area contributed by atoms with Crippen LogP contribution in [0.25, 0.3) is 0 Å². The minimum atomic E-state index is -0.233. The van der Waals surface area contributed by atoms with Crippen LogP contribution < -0.4 is 0 Å². The van der Waals surface area contributed by atoms with Crippen LogP contribution in [0.3, 0.4) is 0 Å². The molecule has 0 spiro atoms. The Balaban J connectivity index is 2.94. The summed E-state index contributed by atoms with van der Waals surface area (Å²) >= 11 is 0. The number of rotatable bonds is 7. The van der Waals surface area contributed by atoms with E-state index in [9.17, 15) is 0 Å². The summed E-state index contributed by atoms with van der Waals surface area (Å²) in [6.45, 7) is 5.80. The summed E-state index contributed by atoms with van der Waals surface area (Å²) in [6.07, 6.45) is 10.7. The highest BCUT2D eigenvalue weighted by molar-refractivity contribution is 6.25. The lowest BCUT2D eigenvalue weighted by Gasteiger charge is -1.93. The van der Waals surface area contributed by atoms with Gasteiger partial charge in [-0.3, -0.25) is 0 Å². The summed E-state index contributed by atoms with van der Waals surface area (Å²) in [5, 5.41) is 0. The van der Waals surface area contributed by atoms with Gasteiger partial charge in [-0.15, -0.1) is 6.58 Å². The quantitative estimate of drug-likeness (QED) is 0.247. The Hall–Kier alpha value is -0.503. The van der Waals surface area contributed by atoms with Crippen LogP contribution in [-0.4, -0.2) is 9.76 Å². The molecule has 0 aromatic carbocycles. The highest BCUT2D eigenvalue weighted by Crippen LogP contribution is 2.00. The van der Waals surface area contributed by atoms with E-state index in [0.717, 1.165) is 12.8 Å². The summed E-state index contributed by atoms with van der Waals surface area (Å²) in [4.78, 5) is 0. The first-order chi connectivity index (χ1) is 5.41. The Morgan fingerprint density at radius 2 is 2.09 bits per heavy atom. The van der Waals surface area contributed by atoms with Crippen molar-refractivity contribution in [3.63, 3.8) is 0 Å². The Bertz CT molecular complexity index is 110. The molecule has 0 saturated heterocycles. The zero-order chi connectivity index (χ0) is 8.36. The smallest absolute Gasteiger partial charge is 0.215 e. The predicted octanol–water partition coefficient (Wildman–Crippen LogP) is 2.40. The van der Waals surface area contributed by atoms with Crippen LogP contribution in [0.1, 0.15) is 25.7 Å². The molecule has 0 aromatic rings. The van der Waals surface area contributed by atoms with Gasteiger partial charge in [0, 0.05) is 0 Å². The zero-order valence-corrected chi connectivity index (χ0v) is 8.80. The van der Waals surface area contributed by atoms with Gasteiger partial charge in [0.15, 0.2) is 0 Å². The molecule has 0 unspecified atom stereocenters. The maximum absolute atomic E-state index is 5.18. The first-order valence-corrected chi connectivity index (χ1v) is 6.28. The molecule has 0 rings (SSSR count). The summed E-state index contributed by atoms with van der Waals surface area (Å²) in [6, 6.07) is 0. The summed E-state index contributed by atoms with van der Waals surface area (Å²) < 4.78 is 5.18. The van der Waals surface area contributed by atoms with Gasteiger partial charge in [-0.05, 0) is 32.2 Å². The molecule has 0 aromatic heterocycles. The van der Waals surface area contributed by atoms with E-state index >= 15 is 0 Å². The molecule has 0 N–H and O–H groups in total. The Labute approximate surface area is 72.1 Å². The van der Waals surface area contributed by atoms with E-state index in [4.69, 9.17) is 4.43 Å². The van der Waals surface area contributed by atoms with E-state index in [0.29, 0.717) is 0 Å². The third-order valence-corrected chi connectivity index (χ3v) is 1.91. The molecule has 0 atom stereocenters. The number of allylic oxidation sites excluding steroid dienone is 2. The first kappa shape index (κ1) is 10.5. The van der Waals surface area contributed by atoms with Gasteiger partial charge in [0.05, 0.1) is 6.26 Å². The van der Waals surface area contributed by atoms with Crippen molar-refractivity contribution >= 4 is 9.76 Å². The van der Waals surface area contributed by atoms with Crippen LogP contribution in [0.15, 0.2) is 25.0 Å². The number of unbranched alkanes of at least 4 members (excludes halogenated alkanes) is 3. The Morgan fingerprint density at radius 1 is 1.36 bits per heavy atom. The summed E-state index contributed by atoms with van der Waals surface area (Å²) in [7, 11) is -0.233. The van der Waals surface area contributed by atoms with E-state index < -0.39 is 0 Å². The number of hydrogen-bond acceptors (Lipinski definition) is 1. The summed E-state index contributed by atoms with van der Waals surface area (Å²) in [5.41, 5.74) is 0. The lowest BCUT2D eigenvalue weighted by atomic mass is 10.2. The van der Waals surface area contributed by atoms with Gasteiger partial charge in [0.2, 0.25) is 9.76 Å². The van der Waals surface area contributed by atoms with Crippen LogP contribution in [0.2, 0.25) is 6.55 Å². The molecule has 0 aliphatic rings. The molecule has 2 heteroatoms. The number of hydrogen-bond donors (Lipinski definition) is 0. The highest BCUT2D eigenvalue weighted by Gasteiger charge is 1.81. The molecule has 0 saturated carbocycles. The molecule has 11 heavy (non-hydrogen) atoms. The molecule has 0 radical (unpaired) electrons. The van der Waals surface area contributed by atoms with E-state index in [1.807, 2.05) is 12.3 Å². The average Bonchev–Trinajstić information content (AvgIpc) is 2.03. The second-order valence-electron chi connectivity index (χ2n) is 2.40. The van der Waals surface area contributed by atoms with Crippen LogP contribution in [0.5, 0.6) is 0 Å². The van der Waals surface area contributed by atoms with Crippen molar-refractivity contribution in [2.24, 2.45) is 0 Å². The van der Waals surface area contributed by atoms with Crippen molar-refractivity contribution in [3.8, 4) is 0 Å². The molecule has 0 amide bonds. The van der Waals surface area contributed by atoms with Crippen LogP contribution in [0.4, 0.5) is 0 Å². The van der Waals surface area contributed by atoms with Crippen molar-refractivity contribution in [2.75, 3.05) is 0 Å². The second kappa shape index (κ2) is 9.50. The Kier molecular flexibility index (Phi) is 9.06. The summed E-state index contributed by atoms with van der Waals surface area (Å²) in [5.74, 6) is 0. The van der Waals surface area contributed by atoms with Crippen LogP contribution in [-0.2, 0) is 4.43 Å². The third kappa shape index (κ3) is 9.50. The van der Waals surface area contributed by atoms with E-state index in [1.165, 1.54) is 12.8 Å². The molecule has 64 valence electrons. The lowest BCUT2D eigenvalue weighted by molar-refractivity contribution is 0.515. The van der Waals surface area contributed by atoms with Gasteiger partial charge in [-0.1, -0.05) is 12.2 Å². The lowest BCUT2D eigenvalue weighted by Crippen LogP contribution is -1.81. The van der Waals surface area contributed by atoms with Crippen molar-refractivity contribution in [1.82, 2.24) is 0 Å². The first-order valence-electron chi connectivity index (χ1n) is 4.29.